The number of ether oxygens (including phenoxy) is 2. The lowest BCUT2D eigenvalue weighted by atomic mass is 10.1. The van der Waals surface area contributed by atoms with E-state index in [-0.39, 0.29) is 30.1 Å². The van der Waals surface area contributed by atoms with E-state index in [4.69, 9.17) is 9.47 Å². The summed E-state index contributed by atoms with van der Waals surface area (Å²) in [6.45, 7) is 3.03. The van der Waals surface area contributed by atoms with Crippen molar-refractivity contribution in [3.05, 3.63) is 54.1 Å². The number of sulfonamides is 1. The molecule has 1 fully saturated rings. The van der Waals surface area contributed by atoms with Crippen LogP contribution in [0.1, 0.15) is 18.5 Å². The van der Waals surface area contributed by atoms with E-state index >= 15 is 0 Å². The topological polar surface area (TPSA) is 88.2 Å². The van der Waals surface area contributed by atoms with Crippen molar-refractivity contribution in [3.63, 3.8) is 0 Å². The van der Waals surface area contributed by atoms with Gasteiger partial charge in [0.1, 0.15) is 11.5 Å². The molecule has 2 aromatic carbocycles. The van der Waals surface area contributed by atoms with Gasteiger partial charge >= 0.3 is 6.03 Å². The van der Waals surface area contributed by atoms with E-state index in [1.807, 2.05) is 19.1 Å². The standard InChI is InChI=1S/C21H27N3O5S/c1-16(19-10-9-17(28-2)15-20(19)29-3)22-21(25)23-11-13-24(14-12-23)30(26,27)18-7-5-4-6-8-18/h4-10,15-16H,11-14H2,1-3H3,(H,22,25). The molecule has 2 amide bonds. The number of amides is 2. The molecule has 1 saturated heterocycles. The smallest absolute Gasteiger partial charge is 0.317 e. The zero-order chi connectivity index (χ0) is 21.7. The average molecular weight is 434 g/mol. The minimum Gasteiger partial charge on any atom is -0.497 e. The fourth-order valence-corrected chi connectivity index (χ4v) is 4.85. The number of nitrogens with zero attached hydrogens (tertiary/aromatic N) is 2. The van der Waals surface area contributed by atoms with Crippen LogP contribution in [0.5, 0.6) is 11.5 Å². The Morgan fingerprint density at radius 2 is 1.67 bits per heavy atom. The lowest BCUT2D eigenvalue weighted by molar-refractivity contribution is 0.169. The van der Waals surface area contributed by atoms with Crippen molar-refractivity contribution in [1.29, 1.82) is 0 Å². The van der Waals surface area contributed by atoms with Crippen LogP contribution in [0.25, 0.3) is 0 Å². The number of hydrogen-bond donors (Lipinski definition) is 1. The third-order valence-electron chi connectivity index (χ3n) is 5.15. The maximum Gasteiger partial charge on any atom is 0.317 e. The lowest BCUT2D eigenvalue weighted by Gasteiger charge is -2.34. The van der Waals surface area contributed by atoms with Gasteiger partial charge in [0.25, 0.3) is 0 Å². The Bertz CT molecular complexity index is 973. The van der Waals surface area contributed by atoms with Gasteiger partial charge in [-0.05, 0) is 31.2 Å². The number of piperazine rings is 1. The highest BCUT2D eigenvalue weighted by molar-refractivity contribution is 7.89. The third-order valence-corrected chi connectivity index (χ3v) is 7.07. The average Bonchev–Trinajstić information content (AvgIpc) is 2.79. The molecule has 3 rings (SSSR count). The largest absolute Gasteiger partial charge is 0.497 e. The van der Waals surface area contributed by atoms with Crippen molar-refractivity contribution < 1.29 is 22.7 Å². The maximum atomic E-state index is 12.7. The number of carbonyl (C=O) groups is 1. The molecule has 162 valence electrons. The first kappa shape index (κ1) is 21.9. The first-order chi connectivity index (χ1) is 14.4. The molecule has 30 heavy (non-hydrogen) atoms. The van der Waals surface area contributed by atoms with E-state index < -0.39 is 10.0 Å². The summed E-state index contributed by atoms with van der Waals surface area (Å²) >= 11 is 0. The van der Waals surface area contributed by atoms with E-state index in [0.717, 1.165) is 5.56 Å². The number of hydrogen-bond acceptors (Lipinski definition) is 5. The molecule has 9 heteroatoms. The normalized spacial score (nSPS) is 16.0. The van der Waals surface area contributed by atoms with Gasteiger partial charge in [-0.15, -0.1) is 0 Å². The van der Waals surface area contributed by atoms with Gasteiger partial charge in [0.05, 0.1) is 25.2 Å². The van der Waals surface area contributed by atoms with Crippen LogP contribution in [0.3, 0.4) is 0 Å². The molecule has 1 unspecified atom stereocenters. The third kappa shape index (κ3) is 4.68. The molecule has 1 aliphatic heterocycles. The minimum absolute atomic E-state index is 0.239. The van der Waals surface area contributed by atoms with Gasteiger partial charge in [-0.3, -0.25) is 0 Å². The molecule has 0 radical (unpaired) electrons. The fourth-order valence-electron chi connectivity index (χ4n) is 3.40. The lowest BCUT2D eigenvalue weighted by Crippen LogP contribution is -2.53. The second kappa shape index (κ2) is 9.36. The summed E-state index contributed by atoms with van der Waals surface area (Å²) < 4.78 is 37.5. The van der Waals surface area contributed by atoms with Crippen LogP contribution in [0, 0.1) is 0 Å². The molecule has 0 saturated carbocycles. The van der Waals surface area contributed by atoms with E-state index in [1.165, 1.54) is 4.31 Å². The number of rotatable bonds is 6. The van der Waals surface area contributed by atoms with Gasteiger partial charge in [0, 0.05) is 37.8 Å². The van der Waals surface area contributed by atoms with Crippen LogP contribution >= 0.6 is 0 Å². The van der Waals surface area contributed by atoms with Crippen molar-refractivity contribution in [2.45, 2.75) is 17.9 Å². The number of carbonyl (C=O) groups excluding carboxylic acids is 1. The van der Waals surface area contributed by atoms with Crippen LogP contribution in [-0.2, 0) is 10.0 Å². The predicted octanol–water partition coefficient (Wildman–Crippen LogP) is 2.48. The monoisotopic (exact) mass is 433 g/mol. The van der Waals surface area contributed by atoms with Gasteiger partial charge < -0.3 is 19.7 Å². The fraction of sp³-hybridized carbons (Fsp3) is 0.381. The highest BCUT2D eigenvalue weighted by atomic mass is 32.2. The molecule has 0 aromatic heterocycles. The van der Waals surface area contributed by atoms with Crippen molar-refractivity contribution >= 4 is 16.1 Å². The number of methoxy groups -OCH3 is 2. The number of nitrogens with one attached hydrogen (secondary N) is 1. The summed E-state index contributed by atoms with van der Waals surface area (Å²) in [5.41, 5.74) is 0.831. The van der Waals surface area contributed by atoms with Crippen molar-refractivity contribution in [1.82, 2.24) is 14.5 Å². The van der Waals surface area contributed by atoms with Crippen molar-refractivity contribution in [2.75, 3.05) is 40.4 Å². The first-order valence-electron chi connectivity index (χ1n) is 9.69. The van der Waals surface area contributed by atoms with E-state index in [9.17, 15) is 13.2 Å². The Hall–Kier alpha value is -2.78. The number of benzene rings is 2. The molecule has 0 aliphatic carbocycles. The van der Waals surface area contributed by atoms with Gasteiger partial charge in [0.15, 0.2) is 0 Å². The molecule has 8 nitrogen and oxygen atoms in total. The van der Waals surface area contributed by atoms with Gasteiger partial charge in [0.2, 0.25) is 10.0 Å². The Balaban J connectivity index is 1.61. The Morgan fingerprint density at radius 3 is 2.27 bits per heavy atom. The summed E-state index contributed by atoms with van der Waals surface area (Å²) in [7, 11) is -0.397. The second-order valence-corrected chi connectivity index (χ2v) is 8.92. The van der Waals surface area contributed by atoms with Gasteiger partial charge in [-0.1, -0.05) is 18.2 Å². The van der Waals surface area contributed by atoms with E-state index in [0.29, 0.717) is 24.6 Å². The zero-order valence-corrected chi connectivity index (χ0v) is 18.2. The molecule has 0 bridgehead atoms. The quantitative estimate of drug-likeness (QED) is 0.756. The molecule has 1 N–H and O–H groups in total. The van der Waals surface area contributed by atoms with Gasteiger partial charge in [-0.25, -0.2) is 13.2 Å². The summed E-state index contributed by atoms with van der Waals surface area (Å²) in [5, 5.41) is 2.96. The predicted molar refractivity (Wildman–Crippen MR) is 113 cm³/mol. The highest BCUT2D eigenvalue weighted by Crippen LogP contribution is 2.29. The van der Waals surface area contributed by atoms with Crippen LogP contribution < -0.4 is 14.8 Å². The second-order valence-electron chi connectivity index (χ2n) is 6.98. The summed E-state index contributed by atoms with van der Waals surface area (Å²) in [6.07, 6.45) is 0. The summed E-state index contributed by atoms with van der Waals surface area (Å²) in [6, 6.07) is 13.3. The molecular weight excluding hydrogens is 406 g/mol. The highest BCUT2D eigenvalue weighted by Gasteiger charge is 2.30. The Labute approximate surface area is 177 Å². The molecule has 1 heterocycles. The van der Waals surface area contributed by atoms with Gasteiger partial charge in [-0.2, -0.15) is 4.31 Å². The van der Waals surface area contributed by atoms with E-state index in [1.54, 1.807) is 55.5 Å². The maximum absolute atomic E-state index is 12.7. The van der Waals surface area contributed by atoms with Crippen LogP contribution in [-0.4, -0.2) is 64.1 Å². The zero-order valence-electron chi connectivity index (χ0n) is 17.4. The summed E-state index contributed by atoms with van der Waals surface area (Å²) in [4.78, 5) is 14.6. The molecular formula is C21H27N3O5S. The first-order valence-corrected chi connectivity index (χ1v) is 11.1. The molecule has 0 spiro atoms. The van der Waals surface area contributed by atoms with Crippen LogP contribution in [0.15, 0.2) is 53.4 Å². The summed E-state index contributed by atoms with van der Waals surface area (Å²) in [5.74, 6) is 1.30. The van der Waals surface area contributed by atoms with Crippen LogP contribution in [0.4, 0.5) is 4.79 Å². The molecule has 2 aromatic rings. The van der Waals surface area contributed by atoms with Crippen molar-refractivity contribution in [3.8, 4) is 11.5 Å². The Kier molecular flexibility index (Phi) is 6.84. The number of urea groups is 1. The molecule has 1 atom stereocenters. The van der Waals surface area contributed by atoms with Crippen LogP contribution in [0.2, 0.25) is 0 Å². The minimum atomic E-state index is -3.55. The van der Waals surface area contributed by atoms with Crippen molar-refractivity contribution in [2.24, 2.45) is 0 Å². The van der Waals surface area contributed by atoms with E-state index in [2.05, 4.69) is 5.32 Å². The SMILES string of the molecule is COc1ccc(C(C)NC(=O)N2CCN(S(=O)(=O)c3ccccc3)CC2)c(OC)c1. The Morgan fingerprint density at radius 1 is 1.00 bits per heavy atom. The molecule has 1 aliphatic rings.